The van der Waals surface area contributed by atoms with Crippen LogP contribution in [0.3, 0.4) is 0 Å². The summed E-state index contributed by atoms with van der Waals surface area (Å²) in [6, 6.07) is 0. The molecule has 1 saturated heterocycles. The molecule has 110 valence electrons. The third-order valence-corrected chi connectivity index (χ3v) is 5.87. The van der Waals surface area contributed by atoms with Gasteiger partial charge in [-0.05, 0) is 31.6 Å². The SMILES string of the molecule is O=[N+]([O-])C1([N+](=O)[O-])C2CC3CC(C2)C2(OCCO2)C1C3. The average Bonchev–Trinajstić information content (AvgIpc) is 2.85. The van der Waals surface area contributed by atoms with E-state index in [2.05, 4.69) is 0 Å². The number of rotatable bonds is 2. The normalized spacial score (nSPS) is 43.0. The van der Waals surface area contributed by atoms with Crippen molar-refractivity contribution < 1.29 is 19.3 Å². The Morgan fingerprint density at radius 2 is 1.50 bits per heavy atom. The zero-order valence-corrected chi connectivity index (χ0v) is 10.9. The van der Waals surface area contributed by atoms with Crippen molar-refractivity contribution in [2.45, 2.75) is 37.1 Å². The molecule has 4 atom stereocenters. The first-order valence-corrected chi connectivity index (χ1v) is 7.08. The lowest BCUT2D eigenvalue weighted by molar-refractivity contribution is -0.830. The van der Waals surface area contributed by atoms with Crippen LogP contribution in [0.2, 0.25) is 0 Å². The maximum atomic E-state index is 11.6. The van der Waals surface area contributed by atoms with E-state index in [0.29, 0.717) is 38.4 Å². The summed E-state index contributed by atoms with van der Waals surface area (Å²) in [5, 5.41) is 23.3. The van der Waals surface area contributed by atoms with Gasteiger partial charge in [-0.25, -0.2) is 0 Å². The molecular weight excluding hydrogens is 268 g/mol. The fourth-order valence-electron chi connectivity index (χ4n) is 5.34. The molecule has 5 fully saturated rings. The van der Waals surface area contributed by atoms with Crippen LogP contribution in [0.25, 0.3) is 0 Å². The average molecular weight is 284 g/mol. The first kappa shape index (κ1) is 12.5. The predicted octanol–water partition coefficient (Wildman–Crippen LogP) is 1.05. The molecule has 4 aliphatic carbocycles. The molecule has 8 heteroatoms. The first-order valence-electron chi connectivity index (χ1n) is 7.08. The third kappa shape index (κ3) is 1.16. The Morgan fingerprint density at radius 3 is 2.10 bits per heavy atom. The molecule has 4 bridgehead atoms. The Bertz CT molecular complexity index is 474. The number of hydrogen-bond acceptors (Lipinski definition) is 6. The summed E-state index contributed by atoms with van der Waals surface area (Å²) in [5.41, 5.74) is -2.13. The van der Waals surface area contributed by atoms with E-state index in [1.165, 1.54) is 0 Å². The highest BCUT2D eigenvalue weighted by molar-refractivity contribution is 5.12. The van der Waals surface area contributed by atoms with Gasteiger partial charge in [-0.2, -0.15) is 0 Å². The Labute approximate surface area is 114 Å². The molecule has 1 aliphatic heterocycles. The van der Waals surface area contributed by atoms with Gasteiger partial charge in [0.15, 0.2) is 11.7 Å². The first-order chi connectivity index (χ1) is 9.51. The number of nitro groups is 2. The van der Waals surface area contributed by atoms with Gasteiger partial charge < -0.3 is 9.47 Å². The fraction of sp³-hybridized carbons (Fsp3) is 1.00. The van der Waals surface area contributed by atoms with Crippen molar-refractivity contribution in [3.63, 3.8) is 0 Å². The van der Waals surface area contributed by atoms with Crippen molar-refractivity contribution in [2.24, 2.45) is 23.7 Å². The maximum absolute atomic E-state index is 11.6. The highest BCUT2D eigenvalue weighted by Crippen LogP contribution is 2.65. The standard InChI is InChI=1S/C12H16N2O6/c15-13(16)11(14(17)18)8-3-7-4-9(6-8)12(10(11)5-7)19-1-2-20-12/h7-10H,1-6H2. The van der Waals surface area contributed by atoms with Gasteiger partial charge in [0.05, 0.1) is 23.1 Å². The minimum atomic E-state index is -2.13. The highest BCUT2D eigenvalue weighted by Gasteiger charge is 2.83. The number of nitrogens with zero attached hydrogens (tertiary/aromatic N) is 2. The van der Waals surface area contributed by atoms with Gasteiger partial charge in [0.25, 0.3) is 0 Å². The van der Waals surface area contributed by atoms with Crippen LogP contribution in [0.5, 0.6) is 0 Å². The molecule has 0 amide bonds. The van der Waals surface area contributed by atoms with Crippen molar-refractivity contribution in [3.8, 4) is 0 Å². The van der Waals surface area contributed by atoms with Crippen LogP contribution in [-0.4, -0.2) is 34.5 Å². The van der Waals surface area contributed by atoms with Crippen LogP contribution in [0.4, 0.5) is 0 Å². The van der Waals surface area contributed by atoms with E-state index in [4.69, 9.17) is 9.47 Å². The van der Waals surface area contributed by atoms with Crippen LogP contribution < -0.4 is 0 Å². The molecular formula is C12H16N2O6. The minimum absolute atomic E-state index is 0.0699. The highest BCUT2D eigenvalue weighted by atomic mass is 16.7. The van der Waals surface area contributed by atoms with E-state index < -0.39 is 33.1 Å². The number of hydrogen-bond donors (Lipinski definition) is 0. The van der Waals surface area contributed by atoms with E-state index in [0.717, 1.165) is 6.42 Å². The maximum Gasteiger partial charge on any atom is 0.469 e. The lowest BCUT2D eigenvalue weighted by Gasteiger charge is -2.58. The second kappa shape index (κ2) is 3.67. The third-order valence-electron chi connectivity index (χ3n) is 5.87. The lowest BCUT2D eigenvalue weighted by Crippen LogP contribution is -2.74. The molecule has 8 nitrogen and oxygen atoms in total. The van der Waals surface area contributed by atoms with E-state index in [1.54, 1.807) is 0 Å². The Morgan fingerprint density at radius 1 is 0.900 bits per heavy atom. The van der Waals surface area contributed by atoms with Crippen molar-refractivity contribution in [3.05, 3.63) is 20.2 Å². The van der Waals surface area contributed by atoms with Crippen LogP contribution in [0, 0.1) is 43.9 Å². The predicted molar refractivity (Wildman–Crippen MR) is 63.8 cm³/mol. The largest absolute Gasteiger partial charge is 0.469 e. The Balaban J connectivity index is 1.88. The molecule has 0 aromatic rings. The van der Waals surface area contributed by atoms with Crippen molar-refractivity contribution in [1.29, 1.82) is 0 Å². The summed E-state index contributed by atoms with van der Waals surface area (Å²) in [7, 11) is 0. The second-order valence-electron chi connectivity index (χ2n) is 6.47. The van der Waals surface area contributed by atoms with Crippen LogP contribution in [0.15, 0.2) is 0 Å². The second-order valence-corrected chi connectivity index (χ2v) is 6.47. The quantitative estimate of drug-likeness (QED) is 0.426. The number of ether oxygens (including phenoxy) is 2. The summed E-state index contributed by atoms with van der Waals surface area (Å²) in [4.78, 5) is 21.9. The molecule has 0 radical (unpaired) electrons. The molecule has 1 spiro atoms. The summed E-state index contributed by atoms with van der Waals surface area (Å²) < 4.78 is 11.5. The summed E-state index contributed by atoms with van der Waals surface area (Å²) in [6.45, 7) is 0.738. The molecule has 20 heavy (non-hydrogen) atoms. The van der Waals surface area contributed by atoms with Gasteiger partial charge in [-0.3, -0.25) is 20.2 Å². The zero-order chi connectivity index (χ0) is 14.1. The minimum Gasteiger partial charge on any atom is -0.346 e. The van der Waals surface area contributed by atoms with Gasteiger partial charge in [-0.1, -0.05) is 0 Å². The summed E-state index contributed by atoms with van der Waals surface area (Å²) in [6.07, 6.45) is 2.44. The monoisotopic (exact) mass is 284 g/mol. The van der Waals surface area contributed by atoms with Crippen LogP contribution in [0.1, 0.15) is 25.7 Å². The molecule has 4 saturated carbocycles. The molecule has 4 unspecified atom stereocenters. The smallest absolute Gasteiger partial charge is 0.346 e. The Hall–Kier alpha value is -1.28. The van der Waals surface area contributed by atoms with Crippen LogP contribution >= 0.6 is 0 Å². The Kier molecular flexibility index (Phi) is 2.29. The van der Waals surface area contributed by atoms with Gasteiger partial charge in [0.2, 0.25) is 0 Å². The van der Waals surface area contributed by atoms with E-state index >= 15 is 0 Å². The van der Waals surface area contributed by atoms with E-state index in [1.807, 2.05) is 0 Å². The van der Waals surface area contributed by atoms with Gasteiger partial charge in [-0.15, -0.1) is 0 Å². The van der Waals surface area contributed by atoms with Crippen molar-refractivity contribution in [1.82, 2.24) is 0 Å². The van der Waals surface area contributed by atoms with Crippen molar-refractivity contribution in [2.75, 3.05) is 13.2 Å². The molecule has 0 aromatic carbocycles. The van der Waals surface area contributed by atoms with Gasteiger partial charge in [0, 0.05) is 5.92 Å². The fourth-order valence-corrected chi connectivity index (χ4v) is 5.34. The zero-order valence-electron chi connectivity index (χ0n) is 10.9. The molecule has 5 rings (SSSR count). The molecule has 0 N–H and O–H groups in total. The lowest BCUT2D eigenvalue weighted by atomic mass is 9.49. The van der Waals surface area contributed by atoms with E-state index in [9.17, 15) is 20.2 Å². The summed E-state index contributed by atoms with van der Waals surface area (Å²) in [5.74, 6) is -1.93. The van der Waals surface area contributed by atoms with Crippen LogP contribution in [-0.2, 0) is 9.47 Å². The topological polar surface area (TPSA) is 105 Å². The van der Waals surface area contributed by atoms with Gasteiger partial charge >= 0.3 is 5.66 Å². The molecule has 1 heterocycles. The summed E-state index contributed by atoms with van der Waals surface area (Å²) >= 11 is 0. The van der Waals surface area contributed by atoms with Crippen molar-refractivity contribution >= 4 is 0 Å². The van der Waals surface area contributed by atoms with E-state index in [-0.39, 0.29) is 5.92 Å². The molecule has 5 aliphatic rings. The van der Waals surface area contributed by atoms with Gasteiger partial charge in [0.1, 0.15) is 5.92 Å². The molecule has 0 aromatic heterocycles.